The number of hydrogen-bond acceptors (Lipinski definition) is 3. The molecular weight excluding hydrogens is 176 g/mol. The zero-order chi connectivity index (χ0) is 10.6. The van der Waals surface area contributed by atoms with E-state index < -0.39 is 0 Å². The number of aliphatic hydroxyl groups is 1. The summed E-state index contributed by atoms with van der Waals surface area (Å²) in [7, 11) is 3.86. The zero-order valence-corrected chi connectivity index (χ0v) is 9.32. The van der Waals surface area contributed by atoms with E-state index in [1.54, 1.807) is 0 Å². The van der Waals surface area contributed by atoms with Crippen LogP contribution >= 0.6 is 0 Å². The van der Waals surface area contributed by atoms with Crippen molar-refractivity contribution in [3.05, 3.63) is 11.8 Å². The summed E-state index contributed by atoms with van der Waals surface area (Å²) in [5.74, 6) is 1.03. The molecule has 0 fully saturated rings. The van der Waals surface area contributed by atoms with E-state index >= 15 is 0 Å². The van der Waals surface area contributed by atoms with Crippen LogP contribution in [-0.2, 0) is 0 Å². The Kier molecular flexibility index (Phi) is 3.98. The SMILES string of the molecule is C/C(CC1C=C(O)CCC1)=N\N(C)C. The van der Waals surface area contributed by atoms with Gasteiger partial charge in [-0.05, 0) is 38.2 Å². The van der Waals surface area contributed by atoms with Crippen LogP contribution in [0.15, 0.2) is 16.9 Å². The highest BCUT2D eigenvalue weighted by molar-refractivity contribution is 5.82. The molecular formula is C11H20N2O. The first kappa shape index (κ1) is 11.1. The van der Waals surface area contributed by atoms with Gasteiger partial charge in [0, 0.05) is 26.2 Å². The van der Waals surface area contributed by atoms with E-state index in [0.29, 0.717) is 11.7 Å². The Balaban J connectivity index is 2.48. The molecule has 1 aliphatic rings. The van der Waals surface area contributed by atoms with Crippen LogP contribution in [0.2, 0.25) is 0 Å². The van der Waals surface area contributed by atoms with E-state index in [9.17, 15) is 5.11 Å². The van der Waals surface area contributed by atoms with Gasteiger partial charge in [0.2, 0.25) is 0 Å². The van der Waals surface area contributed by atoms with Crippen LogP contribution in [0.1, 0.15) is 32.6 Å². The summed E-state index contributed by atoms with van der Waals surface area (Å²) < 4.78 is 0. The summed E-state index contributed by atoms with van der Waals surface area (Å²) >= 11 is 0. The van der Waals surface area contributed by atoms with E-state index in [4.69, 9.17) is 0 Å². The summed E-state index contributed by atoms with van der Waals surface area (Å²) in [5.41, 5.74) is 1.13. The smallest absolute Gasteiger partial charge is 0.0885 e. The van der Waals surface area contributed by atoms with Gasteiger partial charge in [-0.1, -0.05) is 0 Å². The molecule has 0 heterocycles. The molecule has 3 heteroatoms. The number of hydrogen-bond donors (Lipinski definition) is 1. The molecule has 1 rings (SSSR count). The Bertz CT molecular complexity index is 244. The second kappa shape index (κ2) is 5.03. The van der Waals surface area contributed by atoms with Gasteiger partial charge < -0.3 is 10.1 Å². The van der Waals surface area contributed by atoms with Crippen molar-refractivity contribution in [2.45, 2.75) is 32.6 Å². The topological polar surface area (TPSA) is 35.8 Å². The molecule has 0 aromatic rings. The highest BCUT2D eigenvalue weighted by Gasteiger charge is 2.13. The molecule has 0 spiro atoms. The van der Waals surface area contributed by atoms with Crippen molar-refractivity contribution < 1.29 is 5.11 Å². The molecule has 3 nitrogen and oxygen atoms in total. The van der Waals surface area contributed by atoms with E-state index in [0.717, 1.165) is 25.0 Å². The minimum Gasteiger partial charge on any atom is -0.513 e. The van der Waals surface area contributed by atoms with Gasteiger partial charge in [0.25, 0.3) is 0 Å². The third-order valence-corrected chi connectivity index (χ3v) is 2.36. The van der Waals surface area contributed by atoms with Gasteiger partial charge in [0.05, 0.1) is 5.76 Å². The molecule has 1 atom stereocenters. The van der Waals surface area contributed by atoms with Crippen molar-refractivity contribution in [1.29, 1.82) is 0 Å². The summed E-state index contributed by atoms with van der Waals surface area (Å²) in [6, 6.07) is 0. The van der Waals surface area contributed by atoms with Crippen LogP contribution in [0, 0.1) is 5.92 Å². The fraction of sp³-hybridized carbons (Fsp3) is 0.727. The lowest BCUT2D eigenvalue weighted by atomic mass is 9.90. The Labute approximate surface area is 86.1 Å². The normalized spacial score (nSPS) is 23.2. The zero-order valence-electron chi connectivity index (χ0n) is 9.32. The van der Waals surface area contributed by atoms with Gasteiger partial charge in [-0.3, -0.25) is 0 Å². The Morgan fingerprint density at radius 3 is 2.93 bits per heavy atom. The summed E-state index contributed by atoms with van der Waals surface area (Å²) in [4.78, 5) is 0. The van der Waals surface area contributed by atoms with E-state index in [2.05, 4.69) is 5.10 Å². The van der Waals surface area contributed by atoms with Crippen LogP contribution in [0.3, 0.4) is 0 Å². The molecule has 1 unspecified atom stereocenters. The van der Waals surface area contributed by atoms with Crippen molar-refractivity contribution in [3.63, 3.8) is 0 Å². The van der Waals surface area contributed by atoms with Crippen LogP contribution in [0.5, 0.6) is 0 Å². The molecule has 1 aliphatic carbocycles. The molecule has 0 aliphatic heterocycles. The molecule has 0 radical (unpaired) electrons. The minimum atomic E-state index is 0.479. The van der Waals surface area contributed by atoms with Crippen molar-refractivity contribution >= 4 is 5.71 Å². The second-order valence-corrected chi connectivity index (χ2v) is 4.20. The molecule has 80 valence electrons. The first-order chi connectivity index (χ1) is 6.58. The number of rotatable bonds is 3. The number of allylic oxidation sites excluding steroid dienone is 2. The third-order valence-electron chi connectivity index (χ3n) is 2.36. The highest BCUT2D eigenvalue weighted by atomic mass is 16.3. The summed E-state index contributed by atoms with van der Waals surface area (Å²) in [5, 5.41) is 15.5. The maximum atomic E-state index is 9.39. The Morgan fingerprint density at radius 2 is 2.36 bits per heavy atom. The average Bonchev–Trinajstić information content (AvgIpc) is 2.01. The number of aliphatic hydroxyl groups excluding tert-OH is 1. The van der Waals surface area contributed by atoms with Gasteiger partial charge >= 0.3 is 0 Å². The lowest BCUT2D eigenvalue weighted by Gasteiger charge is -2.18. The highest BCUT2D eigenvalue weighted by Crippen LogP contribution is 2.24. The largest absolute Gasteiger partial charge is 0.513 e. The first-order valence-electron chi connectivity index (χ1n) is 5.19. The fourth-order valence-corrected chi connectivity index (χ4v) is 1.91. The predicted molar refractivity (Wildman–Crippen MR) is 59.5 cm³/mol. The van der Waals surface area contributed by atoms with Crippen molar-refractivity contribution in [2.24, 2.45) is 11.0 Å². The van der Waals surface area contributed by atoms with Gasteiger partial charge in [0.15, 0.2) is 0 Å². The summed E-state index contributed by atoms with van der Waals surface area (Å²) in [6.07, 6.45) is 6.06. The minimum absolute atomic E-state index is 0.479. The van der Waals surface area contributed by atoms with Gasteiger partial charge in [-0.25, -0.2) is 0 Å². The van der Waals surface area contributed by atoms with Crippen LogP contribution < -0.4 is 0 Å². The third kappa shape index (κ3) is 3.81. The molecule has 0 saturated heterocycles. The number of nitrogens with zero attached hydrogens (tertiary/aromatic N) is 2. The summed E-state index contributed by atoms with van der Waals surface area (Å²) in [6.45, 7) is 2.04. The lowest BCUT2D eigenvalue weighted by molar-refractivity contribution is 0.348. The molecule has 0 bridgehead atoms. The quantitative estimate of drug-likeness (QED) is 0.556. The average molecular weight is 196 g/mol. The number of hydrazone groups is 1. The molecule has 0 aromatic heterocycles. The predicted octanol–water partition coefficient (Wildman–Crippen LogP) is 2.56. The van der Waals surface area contributed by atoms with E-state index in [-0.39, 0.29) is 0 Å². The molecule has 1 N–H and O–H groups in total. The monoisotopic (exact) mass is 196 g/mol. The van der Waals surface area contributed by atoms with E-state index in [1.165, 1.54) is 6.42 Å². The van der Waals surface area contributed by atoms with Gasteiger partial charge in [0.1, 0.15) is 0 Å². The lowest BCUT2D eigenvalue weighted by Crippen LogP contribution is -2.12. The molecule has 14 heavy (non-hydrogen) atoms. The van der Waals surface area contributed by atoms with Crippen LogP contribution in [0.25, 0.3) is 0 Å². The molecule has 0 saturated carbocycles. The van der Waals surface area contributed by atoms with E-state index in [1.807, 2.05) is 32.1 Å². The fourth-order valence-electron chi connectivity index (χ4n) is 1.91. The van der Waals surface area contributed by atoms with Crippen molar-refractivity contribution in [2.75, 3.05) is 14.1 Å². The maximum Gasteiger partial charge on any atom is 0.0885 e. The Morgan fingerprint density at radius 1 is 1.64 bits per heavy atom. The van der Waals surface area contributed by atoms with Crippen molar-refractivity contribution in [1.82, 2.24) is 5.01 Å². The Hall–Kier alpha value is -0.990. The van der Waals surface area contributed by atoms with Gasteiger partial charge in [-0.2, -0.15) is 5.10 Å². The van der Waals surface area contributed by atoms with Crippen molar-refractivity contribution in [3.8, 4) is 0 Å². The second-order valence-electron chi connectivity index (χ2n) is 4.20. The standard InChI is InChI=1S/C11H20N2O/c1-9(12-13(2)3)7-10-5-4-6-11(14)8-10/h8,10,14H,4-7H2,1-3H3/b12-9+. The molecule has 0 aromatic carbocycles. The first-order valence-corrected chi connectivity index (χ1v) is 5.19. The van der Waals surface area contributed by atoms with Gasteiger partial charge in [-0.15, -0.1) is 0 Å². The molecule has 0 amide bonds. The van der Waals surface area contributed by atoms with Crippen LogP contribution in [-0.4, -0.2) is 29.9 Å². The maximum absolute atomic E-state index is 9.39. The van der Waals surface area contributed by atoms with Crippen LogP contribution in [0.4, 0.5) is 0 Å².